The van der Waals surface area contributed by atoms with E-state index in [1.54, 1.807) is 13.2 Å². The van der Waals surface area contributed by atoms with E-state index in [1.165, 1.54) is 16.9 Å². The molecule has 0 amide bonds. The van der Waals surface area contributed by atoms with Gasteiger partial charge in [0.15, 0.2) is 5.78 Å². The van der Waals surface area contributed by atoms with Crippen molar-refractivity contribution in [1.29, 1.82) is 0 Å². The molecular formula is C29H26O3S. The molecule has 0 fully saturated rings. The molecule has 3 nitrogen and oxygen atoms in total. The van der Waals surface area contributed by atoms with Crippen molar-refractivity contribution >= 4 is 23.2 Å². The zero-order chi connectivity index (χ0) is 23.0. The van der Waals surface area contributed by atoms with Crippen LogP contribution in [0.1, 0.15) is 36.8 Å². The third-order valence-electron chi connectivity index (χ3n) is 5.31. The van der Waals surface area contributed by atoms with Crippen LogP contribution in [-0.2, 0) is 13.0 Å². The molecule has 4 aromatic rings. The zero-order valence-corrected chi connectivity index (χ0v) is 19.6. The van der Waals surface area contributed by atoms with Crippen LogP contribution in [0.15, 0.2) is 91.0 Å². The second kappa shape index (κ2) is 10.8. The number of benzene rings is 3. The molecule has 4 heteroatoms. The van der Waals surface area contributed by atoms with E-state index in [-0.39, 0.29) is 5.78 Å². The van der Waals surface area contributed by atoms with Crippen molar-refractivity contribution in [2.24, 2.45) is 0 Å². The van der Waals surface area contributed by atoms with Crippen molar-refractivity contribution in [3.63, 3.8) is 0 Å². The number of carbonyl (C=O) groups is 1. The quantitative estimate of drug-likeness (QED) is 0.199. The Morgan fingerprint density at radius 1 is 0.879 bits per heavy atom. The van der Waals surface area contributed by atoms with E-state index in [0.717, 1.165) is 44.4 Å². The van der Waals surface area contributed by atoms with Gasteiger partial charge in [0.1, 0.15) is 18.1 Å². The van der Waals surface area contributed by atoms with E-state index in [2.05, 4.69) is 18.2 Å². The van der Waals surface area contributed by atoms with Crippen molar-refractivity contribution in [2.45, 2.75) is 20.0 Å². The molecule has 1 aromatic heterocycles. The minimum atomic E-state index is 0.0107. The summed E-state index contributed by atoms with van der Waals surface area (Å²) in [5, 5.41) is 0. The van der Waals surface area contributed by atoms with E-state index in [4.69, 9.17) is 9.47 Å². The summed E-state index contributed by atoms with van der Waals surface area (Å²) < 4.78 is 11.8. The van der Waals surface area contributed by atoms with Crippen molar-refractivity contribution < 1.29 is 14.3 Å². The highest BCUT2D eigenvalue weighted by molar-refractivity contribution is 7.14. The van der Waals surface area contributed by atoms with Gasteiger partial charge in [-0.3, -0.25) is 4.79 Å². The number of ether oxygens (including phenoxy) is 2. The maximum Gasteiger partial charge on any atom is 0.195 e. The molecule has 166 valence electrons. The smallest absolute Gasteiger partial charge is 0.195 e. The molecule has 0 aliphatic heterocycles. The SMILES string of the molecule is COc1ccc(/C=C/C(=O)c2ccc(C)s2)cc1COc1ccccc1Cc1ccccc1. The van der Waals surface area contributed by atoms with Crippen molar-refractivity contribution in [3.05, 3.63) is 123 Å². The Balaban J connectivity index is 1.49. The first-order valence-corrected chi connectivity index (χ1v) is 11.6. The van der Waals surface area contributed by atoms with Crippen LogP contribution in [0.2, 0.25) is 0 Å². The molecule has 0 spiro atoms. The molecule has 3 aromatic carbocycles. The van der Waals surface area contributed by atoms with Gasteiger partial charge in [0.2, 0.25) is 0 Å². The number of methoxy groups -OCH3 is 1. The van der Waals surface area contributed by atoms with Gasteiger partial charge >= 0.3 is 0 Å². The molecule has 0 unspecified atom stereocenters. The lowest BCUT2D eigenvalue weighted by Gasteiger charge is -2.14. The summed E-state index contributed by atoms with van der Waals surface area (Å²) in [7, 11) is 1.65. The molecule has 1 heterocycles. The Morgan fingerprint density at radius 2 is 1.67 bits per heavy atom. The molecule has 0 radical (unpaired) electrons. The Bertz CT molecular complexity index is 1250. The molecule has 4 rings (SSSR count). The number of thiophene rings is 1. The Morgan fingerprint density at radius 3 is 2.42 bits per heavy atom. The van der Waals surface area contributed by atoms with Gasteiger partial charge < -0.3 is 9.47 Å². The normalized spacial score (nSPS) is 11.0. The van der Waals surface area contributed by atoms with Crippen molar-refractivity contribution in [1.82, 2.24) is 0 Å². The van der Waals surface area contributed by atoms with Crippen LogP contribution < -0.4 is 9.47 Å². The number of aryl methyl sites for hydroxylation is 1. The van der Waals surface area contributed by atoms with Crippen LogP contribution in [-0.4, -0.2) is 12.9 Å². The third kappa shape index (κ3) is 5.99. The minimum Gasteiger partial charge on any atom is -0.496 e. The molecule has 33 heavy (non-hydrogen) atoms. The summed E-state index contributed by atoms with van der Waals surface area (Å²) >= 11 is 1.51. The van der Waals surface area contributed by atoms with Gasteiger partial charge in [-0.1, -0.05) is 60.7 Å². The van der Waals surface area contributed by atoms with Crippen LogP contribution in [0, 0.1) is 6.92 Å². The second-order valence-corrected chi connectivity index (χ2v) is 9.03. The monoisotopic (exact) mass is 454 g/mol. The van der Waals surface area contributed by atoms with Crippen LogP contribution in [0.5, 0.6) is 11.5 Å². The first kappa shape index (κ1) is 22.6. The fraction of sp³-hybridized carbons (Fsp3) is 0.138. The van der Waals surface area contributed by atoms with Gasteiger partial charge in [-0.2, -0.15) is 0 Å². The summed E-state index contributed by atoms with van der Waals surface area (Å²) in [6, 6.07) is 28.1. The van der Waals surface area contributed by atoms with Gasteiger partial charge in [-0.15, -0.1) is 11.3 Å². The van der Waals surface area contributed by atoms with Gasteiger partial charge in [0.25, 0.3) is 0 Å². The number of hydrogen-bond donors (Lipinski definition) is 0. The van der Waals surface area contributed by atoms with Crippen molar-refractivity contribution in [2.75, 3.05) is 7.11 Å². The molecular weight excluding hydrogens is 428 g/mol. The maximum absolute atomic E-state index is 12.4. The predicted molar refractivity (Wildman–Crippen MR) is 135 cm³/mol. The number of hydrogen-bond acceptors (Lipinski definition) is 4. The Labute approximate surface area is 198 Å². The molecule has 0 atom stereocenters. The van der Waals surface area contributed by atoms with Gasteiger partial charge in [-0.05, 0) is 60.0 Å². The summed E-state index contributed by atoms with van der Waals surface area (Å²) in [6.45, 7) is 2.37. The second-order valence-electron chi connectivity index (χ2n) is 7.74. The average molecular weight is 455 g/mol. The third-order valence-corrected chi connectivity index (χ3v) is 6.32. The number of rotatable bonds is 9. The zero-order valence-electron chi connectivity index (χ0n) is 18.8. The fourth-order valence-corrected chi connectivity index (χ4v) is 4.39. The summed E-state index contributed by atoms with van der Waals surface area (Å²) in [4.78, 5) is 14.3. The molecule has 0 bridgehead atoms. The largest absolute Gasteiger partial charge is 0.496 e. The average Bonchev–Trinajstić information content (AvgIpc) is 3.29. The molecule has 0 saturated heterocycles. The van der Waals surface area contributed by atoms with E-state index in [0.29, 0.717) is 6.61 Å². The first-order valence-electron chi connectivity index (χ1n) is 10.8. The Hall–Kier alpha value is -3.63. The number of carbonyl (C=O) groups excluding carboxylic acids is 1. The Kier molecular flexibility index (Phi) is 7.38. The topological polar surface area (TPSA) is 35.5 Å². The van der Waals surface area contributed by atoms with E-state index in [9.17, 15) is 4.79 Å². The fourth-order valence-electron chi connectivity index (χ4n) is 3.60. The summed E-state index contributed by atoms with van der Waals surface area (Å²) in [5.41, 5.74) is 4.22. The summed E-state index contributed by atoms with van der Waals surface area (Å²) in [5.74, 6) is 1.62. The maximum atomic E-state index is 12.4. The number of para-hydroxylation sites is 1. The van der Waals surface area contributed by atoms with Crippen molar-refractivity contribution in [3.8, 4) is 11.5 Å². The lowest BCUT2D eigenvalue weighted by atomic mass is 10.0. The molecule has 0 aliphatic rings. The van der Waals surface area contributed by atoms with Gasteiger partial charge in [-0.25, -0.2) is 0 Å². The molecule has 0 saturated carbocycles. The number of allylic oxidation sites excluding steroid dienone is 1. The lowest BCUT2D eigenvalue weighted by Crippen LogP contribution is -2.02. The highest BCUT2D eigenvalue weighted by atomic mass is 32.1. The summed E-state index contributed by atoms with van der Waals surface area (Å²) in [6.07, 6.45) is 4.26. The van der Waals surface area contributed by atoms with E-state index in [1.807, 2.05) is 79.7 Å². The molecule has 0 N–H and O–H groups in total. The predicted octanol–water partition coefficient (Wildman–Crippen LogP) is 7.13. The van der Waals surface area contributed by atoms with Crippen LogP contribution in [0.4, 0.5) is 0 Å². The standard InChI is InChI=1S/C29H26O3S/c1-21-12-17-29(33-21)26(30)15-13-23-14-16-27(31-2)25(19-23)20-32-28-11-7-6-10-24(28)18-22-8-4-3-5-9-22/h3-17,19H,18,20H2,1-2H3/b15-13+. The minimum absolute atomic E-state index is 0.0107. The van der Waals surface area contributed by atoms with Crippen LogP contribution in [0.3, 0.4) is 0 Å². The highest BCUT2D eigenvalue weighted by Gasteiger charge is 2.09. The van der Waals surface area contributed by atoms with E-state index >= 15 is 0 Å². The van der Waals surface area contributed by atoms with Crippen LogP contribution >= 0.6 is 11.3 Å². The van der Waals surface area contributed by atoms with E-state index < -0.39 is 0 Å². The van der Waals surface area contributed by atoms with Gasteiger partial charge in [0, 0.05) is 16.9 Å². The lowest BCUT2D eigenvalue weighted by molar-refractivity contribution is 0.105. The number of ketones is 1. The van der Waals surface area contributed by atoms with Crippen LogP contribution in [0.25, 0.3) is 6.08 Å². The van der Waals surface area contributed by atoms with Gasteiger partial charge in [0.05, 0.1) is 12.0 Å². The molecule has 0 aliphatic carbocycles. The highest BCUT2D eigenvalue weighted by Crippen LogP contribution is 2.26. The first-order chi connectivity index (χ1) is 16.1.